The summed E-state index contributed by atoms with van der Waals surface area (Å²) in [6.07, 6.45) is 0.775. The van der Waals surface area contributed by atoms with Gasteiger partial charge in [-0.2, -0.15) is 0 Å². The highest BCUT2D eigenvalue weighted by molar-refractivity contribution is 6.42. The highest BCUT2D eigenvalue weighted by Gasteiger charge is 2.34. The van der Waals surface area contributed by atoms with Crippen molar-refractivity contribution in [3.05, 3.63) is 33.8 Å². The van der Waals surface area contributed by atoms with Gasteiger partial charge in [0, 0.05) is 6.04 Å². The van der Waals surface area contributed by atoms with Crippen LogP contribution in [0.15, 0.2) is 18.2 Å². The third-order valence-corrected chi connectivity index (χ3v) is 3.77. The molecule has 1 aromatic carbocycles. The second-order valence-electron chi connectivity index (χ2n) is 4.02. The molecule has 1 heterocycles. The SMILES string of the molecule is COC(=O)[C@H]1CCN[C@H]1c1ccc(Cl)c(Cl)c1. The zero-order valence-electron chi connectivity index (χ0n) is 9.37. The van der Waals surface area contributed by atoms with E-state index in [0.717, 1.165) is 18.5 Å². The molecular weight excluding hydrogens is 261 g/mol. The molecule has 0 spiro atoms. The van der Waals surface area contributed by atoms with Crippen molar-refractivity contribution in [2.75, 3.05) is 13.7 Å². The van der Waals surface area contributed by atoms with E-state index in [2.05, 4.69) is 5.32 Å². The Morgan fingerprint density at radius 3 is 2.82 bits per heavy atom. The molecule has 0 amide bonds. The van der Waals surface area contributed by atoms with Crippen LogP contribution in [0, 0.1) is 5.92 Å². The van der Waals surface area contributed by atoms with Crippen molar-refractivity contribution < 1.29 is 9.53 Å². The molecule has 0 unspecified atom stereocenters. The van der Waals surface area contributed by atoms with Gasteiger partial charge in [-0.15, -0.1) is 0 Å². The van der Waals surface area contributed by atoms with E-state index in [-0.39, 0.29) is 17.9 Å². The van der Waals surface area contributed by atoms with Crippen molar-refractivity contribution in [3.63, 3.8) is 0 Å². The van der Waals surface area contributed by atoms with E-state index in [9.17, 15) is 4.79 Å². The Labute approximate surface area is 110 Å². The maximum Gasteiger partial charge on any atom is 0.310 e. The van der Waals surface area contributed by atoms with Crippen LogP contribution in [-0.4, -0.2) is 19.6 Å². The lowest BCUT2D eigenvalue weighted by molar-refractivity contribution is -0.145. The Kier molecular flexibility index (Phi) is 3.92. The fourth-order valence-corrected chi connectivity index (χ4v) is 2.47. The van der Waals surface area contributed by atoms with Crippen molar-refractivity contribution >= 4 is 29.2 Å². The van der Waals surface area contributed by atoms with E-state index in [0.29, 0.717) is 10.0 Å². The zero-order valence-corrected chi connectivity index (χ0v) is 10.9. The summed E-state index contributed by atoms with van der Waals surface area (Å²) in [5, 5.41) is 4.30. The van der Waals surface area contributed by atoms with Gasteiger partial charge in [0.1, 0.15) is 0 Å². The van der Waals surface area contributed by atoms with E-state index >= 15 is 0 Å². The smallest absolute Gasteiger partial charge is 0.310 e. The maximum atomic E-state index is 11.6. The highest BCUT2D eigenvalue weighted by atomic mass is 35.5. The van der Waals surface area contributed by atoms with E-state index < -0.39 is 0 Å². The Hall–Kier alpha value is -0.770. The second kappa shape index (κ2) is 5.25. The molecule has 2 rings (SSSR count). The molecule has 1 N–H and O–H groups in total. The predicted molar refractivity (Wildman–Crippen MR) is 67.3 cm³/mol. The van der Waals surface area contributed by atoms with Gasteiger partial charge in [0.15, 0.2) is 0 Å². The summed E-state index contributed by atoms with van der Waals surface area (Å²) in [7, 11) is 1.41. The minimum Gasteiger partial charge on any atom is -0.469 e. The summed E-state index contributed by atoms with van der Waals surface area (Å²) in [6.45, 7) is 0.796. The van der Waals surface area contributed by atoms with Gasteiger partial charge in [-0.1, -0.05) is 29.3 Å². The minimum atomic E-state index is -0.189. The molecule has 0 saturated carbocycles. The lowest BCUT2D eigenvalue weighted by Crippen LogP contribution is -2.24. The molecule has 0 radical (unpaired) electrons. The van der Waals surface area contributed by atoms with E-state index in [1.165, 1.54) is 7.11 Å². The zero-order chi connectivity index (χ0) is 12.4. The van der Waals surface area contributed by atoms with Crippen LogP contribution in [-0.2, 0) is 9.53 Å². The first kappa shape index (κ1) is 12.7. The Balaban J connectivity index is 2.26. The monoisotopic (exact) mass is 273 g/mol. The number of rotatable bonds is 2. The number of esters is 1. The minimum absolute atomic E-state index is 0.0442. The van der Waals surface area contributed by atoms with Crippen LogP contribution in [0.2, 0.25) is 10.0 Å². The van der Waals surface area contributed by atoms with Gasteiger partial charge in [0.2, 0.25) is 0 Å². The van der Waals surface area contributed by atoms with Gasteiger partial charge < -0.3 is 10.1 Å². The number of methoxy groups -OCH3 is 1. The summed E-state index contributed by atoms with van der Waals surface area (Å²) in [6, 6.07) is 5.38. The number of hydrogen-bond donors (Lipinski definition) is 1. The first-order valence-corrected chi connectivity index (χ1v) is 6.15. The van der Waals surface area contributed by atoms with Crippen LogP contribution in [0.1, 0.15) is 18.0 Å². The van der Waals surface area contributed by atoms with Gasteiger partial charge in [-0.3, -0.25) is 4.79 Å². The summed E-state index contributed by atoms with van der Waals surface area (Å²) >= 11 is 11.8. The van der Waals surface area contributed by atoms with Gasteiger partial charge >= 0.3 is 5.97 Å². The number of benzene rings is 1. The summed E-state index contributed by atoms with van der Waals surface area (Å²) in [4.78, 5) is 11.6. The molecule has 0 aliphatic carbocycles. The predicted octanol–water partition coefficient (Wildman–Crippen LogP) is 2.82. The van der Waals surface area contributed by atoms with Crippen LogP contribution in [0.3, 0.4) is 0 Å². The largest absolute Gasteiger partial charge is 0.469 e. The van der Waals surface area contributed by atoms with E-state index in [1.807, 2.05) is 6.07 Å². The third-order valence-electron chi connectivity index (χ3n) is 3.03. The normalized spacial score (nSPS) is 23.7. The molecule has 1 fully saturated rings. The lowest BCUT2D eigenvalue weighted by atomic mass is 9.94. The molecule has 1 saturated heterocycles. The first-order valence-electron chi connectivity index (χ1n) is 5.39. The Bertz CT molecular complexity index is 437. The molecule has 0 aromatic heterocycles. The summed E-state index contributed by atoms with van der Waals surface area (Å²) < 4.78 is 4.80. The van der Waals surface area contributed by atoms with Gasteiger partial charge in [-0.25, -0.2) is 0 Å². The molecule has 17 heavy (non-hydrogen) atoms. The van der Waals surface area contributed by atoms with E-state index in [4.69, 9.17) is 27.9 Å². The number of ether oxygens (including phenoxy) is 1. The number of nitrogens with one attached hydrogen (secondary N) is 1. The van der Waals surface area contributed by atoms with Crippen molar-refractivity contribution in [2.45, 2.75) is 12.5 Å². The molecule has 1 aliphatic heterocycles. The Morgan fingerprint density at radius 2 is 2.18 bits per heavy atom. The number of hydrogen-bond acceptors (Lipinski definition) is 3. The van der Waals surface area contributed by atoms with Crippen molar-refractivity contribution in [3.8, 4) is 0 Å². The van der Waals surface area contributed by atoms with Crippen molar-refractivity contribution in [2.24, 2.45) is 5.92 Å². The highest BCUT2D eigenvalue weighted by Crippen LogP contribution is 2.33. The maximum absolute atomic E-state index is 11.6. The fraction of sp³-hybridized carbons (Fsp3) is 0.417. The molecule has 92 valence electrons. The lowest BCUT2D eigenvalue weighted by Gasteiger charge is -2.18. The molecular formula is C12H13Cl2NO2. The van der Waals surface area contributed by atoms with Crippen LogP contribution >= 0.6 is 23.2 Å². The number of carbonyl (C=O) groups is 1. The molecule has 1 aliphatic rings. The van der Waals surface area contributed by atoms with Gasteiger partial charge in [0.05, 0.1) is 23.1 Å². The Morgan fingerprint density at radius 1 is 1.41 bits per heavy atom. The standard InChI is InChI=1S/C12H13Cl2NO2/c1-17-12(16)8-4-5-15-11(8)7-2-3-9(13)10(14)6-7/h2-3,6,8,11,15H,4-5H2,1H3/t8-,11-/m0/s1. The van der Waals surface area contributed by atoms with Crippen LogP contribution in [0.25, 0.3) is 0 Å². The number of carbonyl (C=O) groups excluding carboxylic acids is 1. The van der Waals surface area contributed by atoms with Crippen LogP contribution < -0.4 is 5.32 Å². The van der Waals surface area contributed by atoms with Crippen LogP contribution in [0.4, 0.5) is 0 Å². The molecule has 0 bridgehead atoms. The quantitative estimate of drug-likeness (QED) is 0.843. The molecule has 2 atom stereocenters. The first-order chi connectivity index (χ1) is 8.13. The van der Waals surface area contributed by atoms with Crippen LogP contribution in [0.5, 0.6) is 0 Å². The topological polar surface area (TPSA) is 38.3 Å². The molecule has 1 aromatic rings. The third kappa shape index (κ3) is 2.57. The van der Waals surface area contributed by atoms with Crippen molar-refractivity contribution in [1.29, 1.82) is 0 Å². The summed E-state index contributed by atoms with van der Waals surface area (Å²) in [5.41, 5.74) is 0.965. The number of halogens is 2. The molecule has 5 heteroatoms. The van der Waals surface area contributed by atoms with E-state index in [1.54, 1.807) is 12.1 Å². The van der Waals surface area contributed by atoms with Gasteiger partial charge in [0.25, 0.3) is 0 Å². The van der Waals surface area contributed by atoms with Crippen molar-refractivity contribution in [1.82, 2.24) is 5.32 Å². The average Bonchev–Trinajstić information content (AvgIpc) is 2.80. The fourth-order valence-electron chi connectivity index (χ4n) is 2.16. The summed E-state index contributed by atoms with van der Waals surface area (Å²) in [5.74, 6) is -0.344. The average molecular weight is 274 g/mol. The second-order valence-corrected chi connectivity index (χ2v) is 4.84. The molecule has 3 nitrogen and oxygen atoms in total. The van der Waals surface area contributed by atoms with Gasteiger partial charge in [-0.05, 0) is 30.7 Å².